The maximum Gasteiger partial charge on any atom is 0.248 e. The highest BCUT2D eigenvalue weighted by atomic mass is 19.1. The predicted octanol–water partition coefficient (Wildman–Crippen LogP) is 3.04. The molecule has 0 aromatic heterocycles. The standard InChI is InChI=1S/C12H14FNO/c1-8(2)6-12(15)14-10-5-4-9(3)11(13)7-10/h4-7H,1-3H3,(H,14,15). The normalized spacial score (nSPS) is 9.60. The second-order valence-electron chi connectivity index (χ2n) is 3.67. The summed E-state index contributed by atoms with van der Waals surface area (Å²) in [5, 5.41) is 2.59. The lowest BCUT2D eigenvalue weighted by Crippen LogP contribution is -2.08. The summed E-state index contributed by atoms with van der Waals surface area (Å²) in [6.07, 6.45) is 1.47. The van der Waals surface area contributed by atoms with Crippen LogP contribution in [0.5, 0.6) is 0 Å². The zero-order valence-corrected chi connectivity index (χ0v) is 9.10. The molecule has 0 spiro atoms. The molecule has 0 radical (unpaired) electrons. The molecule has 1 N–H and O–H groups in total. The number of rotatable bonds is 2. The maximum absolute atomic E-state index is 13.1. The third-order valence-corrected chi connectivity index (χ3v) is 1.86. The van der Waals surface area contributed by atoms with Crippen molar-refractivity contribution in [2.75, 3.05) is 5.32 Å². The molecule has 1 amide bonds. The molecule has 0 saturated carbocycles. The van der Waals surface area contributed by atoms with Crippen LogP contribution in [0.4, 0.5) is 10.1 Å². The summed E-state index contributed by atoms with van der Waals surface area (Å²) in [5.41, 5.74) is 1.94. The van der Waals surface area contributed by atoms with Crippen molar-refractivity contribution in [2.24, 2.45) is 0 Å². The van der Waals surface area contributed by atoms with Gasteiger partial charge in [0.15, 0.2) is 0 Å². The van der Waals surface area contributed by atoms with Gasteiger partial charge in [-0.15, -0.1) is 0 Å². The Kier molecular flexibility index (Phi) is 3.61. The largest absolute Gasteiger partial charge is 0.322 e. The van der Waals surface area contributed by atoms with E-state index in [2.05, 4.69) is 5.32 Å². The minimum Gasteiger partial charge on any atom is -0.322 e. The summed E-state index contributed by atoms with van der Waals surface area (Å²) < 4.78 is 13.1. The second-order valence-corrected chi connectivity index (χ2v) is 3.67. The second kappa shape index (κ2) is 4.73. The molecule has 0 fully saturated rings. The van der Waals surface area contributed by atoms with Gasteiger partial charge < -0.3 is 5.32 Å². The third-order valence-electron chi connectivity index (χ3n) is 1.86. The van der Waals surface area contributed by atoms with Gasteiger partial charge in [0.2, 0.25) is 5.91 Å². The van der Waals surface area contributed by atoms with E-state index in [1.54, 1.807) is 19.1 Å². The minimum absolute atomic E-state index is 0.238. The number of nitrogens with one attached hydrogen (secondary N) is 1. The first kappa shape index (κ1) is 11.4. The molecule has 0 saturated heterocycles. The maximum atomic E-state index is 13.1. The quantitative estimate of drug-likeness (QED) is 0.742. The van der Waals surface area contributed by atoms with Crippen molar-refractivity contribution < 1.29 is 9.18 Å². The summed E-state index contributed by atoms with van der Waals surface area (Å²) in [7, 11) is 0. The van der Waals surface area contributed by atoms with Crippen molar-refractivity contribution in [1.29, 1.82) is 0 Å². The van der Waals surface area contributed by atoms with Crippen molar-refractivity contribution >= 4 is 11.6 Å². The number of hydrogen-bond acceptors (Lipinski definition) is 1. The third kappa shape index (κ3) is 3.54. The molecule has 15 heavy (non-hydrogen) atoms. The molecule has 1 aromatic rings. The van der Waals surface area contributed by atoms with Crippen LogP contribution in [0.2, 0.25) is 0 Å². The number of allylic oxidation sites excluding steroid dienone is 1. The lowest BCUT2D eigenvalue weighted by atomic mass is 10.2. The molecular weight excluding hydrogens is 193 g/mol. The van der Waals surface area contributed by atoms with Gasteiger partial charge in [-0.05, 0) is 38.5 Å². The smallest absolute Gasteiger partial charge is 0.248 e. The first-order valence-electron chi connectivity index (χ1n) is 4.71. The van der Waals surface area contributed by atoms with Crippen LogP contribution < -0.4 is 5.32 Å². The number of hydrogen-bond donors (Lipinski definition) is 1. The predicted molar refractivity (Wildman–Crippen MR) is 59.2 cm³/mol. The van der Waals surface area contributed by atoms with Gasteiger partial charge in [-0.2, -0.15) is 0 Å². The number of amides is 1. The fourth-order valence-corrected chi connectivity index (χ4v) is 1.11. The van der Waals surface area contributed by atoms with Crippen LogP contribution in [0.1, 0.15) is 19.4 Å². The van der Waals surface area contributed by atoms with Gasteiger partial charge in [0.25, 0.3) is 0 Å². The summed E-state index contributed by atoms with van der Waals surface area (Å²) >= 11 is 0. The zero-order chi connectivity index (χ0) is 11.4. The van der Waals surface area contributed by atoms with Crippen LogP contribution in [0.15, 0.2) is 29.8 Å². The Labute approximate surface area is 88.8 Å². The highest BCUT2D eigenvalue weighted by molar-refractivity contribution is 5.99. The number of aryl methyl sites for hydroxylation is 1. The van der Waals surface area contributed by atoms with Crippen molar-refractivity contribution in [3.63, 3.8) is 0 Å². The van der Waals surface area contributed by atoms with E-state index in [1.165, 1.54) is 12.1 Å². The van der Waals surface area contributed by atoms with Gasteiger partial charge in [-0.1, -0.05) is 11.6 Å². The Morgan fingerprint density at radius 3 is 2.60 bits per heavy atom. The minimum atomic E-state index is -0.315. The Morgan fingerprint density at radius 2 is 2.07 bits per heavy atom. The molecule has 0 aliphatic carbocycles. The van der Waals surface area contributed by atoms with Gasteiger partial charge in [0.1, 0.15) is 5.82 Å². The highest BCUT2D eigenvalue weighted by Crippen LogP contribution is 2.13. The lowest BCUT2D eigenvalue weighted by molar-refractivity contribution is -0.111. The monoisotopic (exact) mass is 207 g/mol. The van der Waals surface area contributed by atoms with Crippen LogP contribution in [-0.2, 0) is 4.79 Å². The van der Waals surface area contributed by atoms with Crippen LogP contribution >= 0.6 is 0 Å². The van der Waals surface area contributed by atoms with Crippen LogP contribution in [0.25, 0.3) is 0 Å². The van der Waals surface area contributed by atoms with Crippen LogP contribution in [0, 0.1) is 12.7 Å². The SMILES string of the molecule is CC(C)=CC(=O)Nc1ccc(C)c(F)c1. The molecule has 0 heterocycles. The molecule has 80 valence electrons. The molecule has 3 heteroatoms. The van der Waals surface area contributed by atoms with E-state index in [1.807, 2.05) is 13.8 Å². The summed E-state index contributed by atoms with van der Waals surface area (Å²) in [4.78, 5) is 11.3. The Hall–Kier alpha value is -1.64. The van der Waals surface area contributed by atoms with E-state index in [0.29, 0.717) is 11.3 Å². The van der Waals surface area contributed by atoms with Crippen molar-refractivity contribution in [2.45, 2.75) is 20.8 Å². The Morgan fingerprint density at radius 1 is 1.40 bits per heavy atom. The average Bonchev–Trinajstić information content (AvgIpc) is 2.10. The van der Waals surface area contributed by atoms with E-state index in [4.69, 9.17) is 0 Å². The van der Waals surface area contributed by atoms with E-state index >= 15 is 0 Å². The van der Waals surface area contributed by atoms with E-state index in [0.717, 1.165) is 5.57 Å². The fraction of sp³-hybridized carbons (Fsp3) is 0.250. The summed E-state index contributed by atoms with van der Waals surface area (Å²) in [6, 6.07) is 4.62. The Balaban J connectivity index is 2.78. The summed E-state index contributed by atoms with van der Waals surface area (Å²) in [5.74, 6) is -0.553. The average molecular weight is 207 g/mol. The topological polar surface area (TPSA) is 29.1 Å². The molecule has 0 atom stereocenters. The number of halogens is 1. The molecular formula is C12H14FNO. The highest BCUT2D eigenvalue weighted by Gasteiger charge is 2.01. The number of anilines is 1. The summed E-state index contributed by atoms with van der Waals surface area (Å²) in [6.45, 7) is 5.33. The van der Waals surface area contributed by atoms with Gasteiger partial charge in [-0.3, -0.25) is 4.79 Å². The van der Waals surface area contributed by atoms with Crippen molar-refractivity contribution in [1.82, 2.24) is 0 Å². The number of carbonyl (C=O) groups is 1. The molecule has 1 rings (SSSR count). The van der Waals surface area contributed by atoms with Gasteiger partial charge in [-0.25, -0.2) is 4.39 Å². The van der Waals surface area contributed by atoms with E-state index in [-0.39, 0.29) is 11.7 Å². The van der Waals surface area contributed by atoms with Crippen molar-refractivity contribution in [3.05, 3.63) is 41.2 Å². The molecule has 1 aromatic carbocycles. The first-order chi connectivity index (χ1) is 6.99. The number of carbonyl (C=O) groups excluding carboxylic acids is 1. The Bertz CT molecular complexity index is 406. The molecule has 0 unspecified atom stereocenters. The first-order valence-corrected chi connectivity index (χ1v) is 4.71. The number of benzene rings is 1. The fourth-order valence-electron chi connectivity index (χ4n) is 1.11. The molecule has 0 bridgehead atoms. The molecule has 0 aliphatic rings. The van der Waals surface area contributed by atoms with Crippen molar-refractivity contribution in [3.8, 4) is 0 Å². The molecule has 2 nitrogen and oxygen atoms in total. The van der Waals surface area contributed by atoms with Gasteiger partial charge in [0.05, 0.1) is 0 Å². The zero-order valence-electron chi connectivity index (χ0n) is 9.10. The van der Waals surface area contributed by atoms with Crippen LogP contribution in [0.3, 0.4) is 0 Å². The molecule has 0 aliphatic heterocycles. The van der Waals surface area contributed by atoms with Gasteiger partial charge >= 0.3 is 0 Å². The van der Waals surface area contributed by atoms with Crippen LogP contribution in [-0.4, -0.2) is 5.91 Å². The van der Waals surface area contributed by atoms with Gasteiger partial charge in [0, 0.05) is 11.8 Å². The lowest BCUT2D eigenvalue weighted by Gasteiger charge is -2.03. The van der Waals surface area contributed by atoms with E-state index < -0.39 is 0 Å². The van der Waals surface area contributed by atoms with E-state index in [9.17, 15) is 9.18 Å².